The fourth-order valence-electron chi connectivity index (χ4n) is 1.60. The molecule has 1 saturated heterocycles. The molecule has 0 radical (unpaired) electrons. The van der Waals surface area contributed by atoms with Crippen LogP contribution in [0, 0.1) is 5.41 Å². The highest BCUT2D eigenvalue weighted by molar-refractivity contribution is 6.30. The summed E-state index contributed by atoms with van der Waals surface area (Å²) in [6.07, 6.45) is 0.623. The van der Waals surface area contributed by atoms with Gasteiger partial charge in [-0.2, -0.15) is 0 Å². The van der Waals surface area contributed by atoms with Crippen LogP contribution in [0.25, 0.3) is 0 Å². The third-order valence-electron chi connectivity index (χ3n) is 2.72. The molecule has 2 atom stereocenters. The smallest absolute Gasteiger partial charge is 0.240 e. The van der Waals surface area contributed by atoms with Crippen molar-refractivity contribution in [2.45, 2.75) is 25.6 Å². The molecule has 1 heterocycles. The minimum absolute atomic E-state index is 0.128. The van der Waals surface area contributed by atoms with Crippen LogP contribution in [0.4, 0.5) is 0 Å². The maximum atomic E-state index is 11.5. The minimum Gasteiger partial charge on any atom is -0.369 e. The lowest BCUT2D eigenvalue weighted by Gasteiger charge is -2.21. The molecule has 2 amide bonds. The summed E-state index contributed by atoms with van der Waals surface area (Å²) in [7, 11) is 0. The van der Waals surface area contributed by atoms with Crippen LogP contribution in [0.15, 0.2) is 0 Å². The van der Waals surface area contributed by atoms with Crippen LogP contribution >= 0.6 is 11.6 Å². The number of nitrogens with two attached hydrogens (primary N) is 1. The molecular weight excluding hydrogens is 204 g/mol. The third-order valence-corrected chi connectivity index (χ3v) is 2.91. The van der Waals surface area contributed by atoms with Crippen LogP contribution in [-0.2, 0) is 9.59 Å². The Morgan fingerprint density at radius 3 is 2.50 bits per heavy atom. The number of likely N-dealkylation sites (tertiary alicyclic amines) is 1. The molecule has 1 aliphatic heterocycles. The van der Waals surface area contributed by atoms with Crippen LogP contribution in [0.3, 0.4) is 0 Å². The molecule has 0 aromatic rings. The molecule has 0 spiro atoms. The Kier molecular flexibility index (Phi) is 3.04. The zero-order valence-corrected chi connectivity index (χ0v) is 9.17. The van der Waals surface area contributed by atoms with Gasteiger partial charge in [0.1, 0.15) is 5.38 Å². The summed E-state index contributed by atoms with van der Waals surface area (Å²) in [4.78, 5) is 24.2. The Balaban J connectivity index is 2.66. The van der Waals surface area contributed by atoms with Gasteiger partial charge in [0.25, 0.3) is 0 Å². The summed E-state index contributed by atoms with van der Waals surface area (Å²) >= 11 is 5.67. The average Bonchev–Trinajstić information content (AvgIpc) is 2.48. The van der Waals surface area contributed by atoms with E-state index >= 15 is 0 Å². The zero-order valence-electron chi connectivity index (χ0n) is 8.42. The van der Waals surface area contributed by atoms with Gasteiger partial charge in [0.15, 0.2) is 0 Å². The van der Waals surface area contributed by atoms with E-state index in [9.17, 15) is 9.59 Å². The number of carbonyl (C=O) groups is 2. The largest absolute Gasteiger partial charge is 0.369 e. The molecule has 1 fully saturated rings. The number of rotatable bonds is 2. The molecule has 0 saturated carbocycles. The lowest BCUT2D eigenvalue weighted by Crippen LogP contribution is -2.40. The van der Waals surface area contributed by atoms with Gasteiger partial charge >= 0.3 is 0 Å². The van der Waals surface area contributed by atoms with Gasteiger partial charge in [-0.3, -0.25) is 9.59 Å². The Labute approximate surface area is 88.4 Å². The van der Waals surface area contributed by atoms with Gasteiger partial charge in [0, 0.05) is 13.1 Å². The van der Waals surface area contributed by atoms with Crippen molar-refractivity contribution in [1.82, 2.24) is 4.90 Å². The van der Waals surface area contributed by atoms with Gasteiger partial charge in [0.2, 0.25) is 11.8 Å². The van der Waals surface area contributed by atoms with Crippen molar-refractivity contribution in [2.24, 2.45) is 11.1 Å². The number of halogens is 1. The molecular formula is C9H15ClN2O2. The van der Waals surface area contributed by atoms with Gasteiger partial charge in [-0.1, -0.05) is 0 Å². The van der Waals surface area contributed by atoms with Crippen LogP contribution in [0.2, 0.25) is 0 Å². The van der Waals surface area contributed by atoms with E-state index in [1.54, 1.807) is 18.7 Å². The molecule has 1 rings (SSSR count). The second-order valence-corrected chi connectivity index (χ2v) is 4.71. The third kappa shape index (κ3) is 2.00. The molecule has 4 nitrogen and oxygen atoms in total. The summed E-state index contributed by atoms with van der Waals surface area (Å²) in [5, 5.41) is -0.537. The van der Waals surface area contributed by atoms with Crippen LogP contribution in [-0.4, -0.2) is 35.2 Å². The predicted octanol–water partition coefficient (Wildman–Crippen LogP) is 0.338. The number of hydrogen-bond acceptors (Lipinski definition) is 2. The molecule has 1 aliphatic rings. The monoisotopic (exact) mass is 218 g/mol. The minimum atomic E-state index is -0.582. The number of hydrogen-bond donors (Lipinski definition) is 1. The second-order valence-electron chi connectivity index (χ2n) is 4.05. The molecule has 5 heteroatoms. The SMILES string of the molecule is CC(Cl)C(=O)N1CCC(C)(C(N)=O)C1. The lowest BCUT2D eigenvalue weighted by molar-refractivity contribution is -0.131. The highest BCUT2D eigenvalue weighted by atomic mass is 35.5. The lowest BCUT2D eigenvalue weighted by atomic mass is 9.89. The summed E-state index contributed by atoms with van der Waals surface area (Å²) in [5.74, 6) is -0.480. The van der Waals surface area contributed by atoms with Crippen molar-refractivity contribution in [3.63, 3.8) is 0 Å². The quantitative estimate of drug-likeness (QED) is 0.680. The van der Waals surface area contributed by atoms with E-state index in [-0.39, 0.29) is 11.8 Å². The normalized spacial score (nSPS) is 28.9. The summed E-state index contributed by atoms with van der Waals surface area (Å²) < 4.78 is 0. The van der Waals surface area contributed by atoms with E-state index < -0.39 is 10.8 Å². The Bertz CT molecular complexity index is 268. The van der Waals surface area contributed by atoms with E-state index in [0.29, 0.717) is 19.5 Å². The van der Waals surface area contributed by atoms with Crippen LogP contribution in [0.5, 0.6) is 0 Å². The number of primary amides is 1. The van der Waals surface area contributed by atoms with Crippen molar-refractivity contribution in [3.05, 3.63) is 0 Å². The first-order valence-electron chi connectivity index (χ1n) is 4.59. The highest BCUT2D eigenvalue weighted by Gasteiger charge is 2.41. The fraction of sp³-hybridized carbons (Fsp3) is 0.778. The molecule has 0 bridgehead atoms. The van der Waals surface area contributed by atoms with Gasteiger partial charge < -0.3 is 10.6 Å². The maximum absolute atomic E-state index is 11.5. The highest BCUT2D eigenvalue weighted by Crippen LogP contribution is 2.29. The molecule has 80 valence electrons. The topological polar surface area (TPSA) is 63.4 Å². The summed E-state index contributed by atoms with van der Waals surface area (Å²) in [6.45, 7) is 4.36. The first kappa shape index (κ1) is 11.3. The number of carbonyl (C=O) groups excluding carboxylic acids is 2. The Hall–Kier alpha value is -0.770. The summed E-state index contributed by atoms with van der Waals surface area (Å²) in [6, 6.07) is 0. The van der Waals surface area contributed by atoms with Gasteiger partial charge in [0.05, 0.1) is 5.41 Å². The second kappa shape index (κ2) is 3.77. The molecule has 2 unspecified atom stereocenters. The van der Waals surface area contributed by atoms with E-state index in [2.05, 4.69) is 0 Å². The average molecular weight is 219 g/mol. The first-order valence-corrected chi connectivity index (χ1v) is 5.03. The molecule has 2 N–H and O–H groups in total. The van der Waals surface area contributed by atoms with Gasteiger partial charge in [-0.05, 0) is 20.3 Å². The molecule has 14 heavy (non-hydrogen) atoms. The Morgan fingerprint density at radius 1 is 1.57 bits per heavy atom. The van der Waals surface area contributed by atoms with Gasteiger partial charge in [-0.25, -0.2) is 0 Å². The van der Waals surface area contributed by atoms with Crippen molar-refractivity contribution in [3.8, 4) is 0 Å². The van der Waals surface area contributed by atoms with Crippen molar-refractivity contribution < 1.29 is 9.59 Å². The zero-order chi connectivity index (χ0) is 10.9. The fourth-order valence-corrected chi connectivity index (χ4v) is 1.74. The standard InChI is InChI=1S/C9H15ClN2O2/c1-6(10)7(13)12-4-3-9(2,5-12)8(11)14/h6H,3-5H2,1-2H3,(H2,11,14). The summed E-state index contributed by atoms with van der Waals surface area (Å²) in [5.41, 5.74) is 4.68. The number of amides is 2. The molecule has 0 aliphatic carbocycles. The van der Waals surface area contributed by atoms with Crippen LogP contribution < -0.4 is 5.73 Å². The van der Waals surface area contributed by atoms with Crippen molar-refractivity contribution in [2.75, 3.05) is 13.1 Å². The van der Waals surface area contributed by atoms with Crippen molar-refractivity contribution >= 4 is 23.4 Å². The van der Waals surface area contributed by atoms with E-state index in [0.717, 1.165) is 0 Å². The van der Waals surface area contributed by atoms with E-state index in [1.807, 2.05) is 0 Å². The number of nitrogens with zero attached hydrogens (tertiary/aromatic N) is 1. The molecule has 0 aromatic carbocycles. The predicted molar refractivity (Wildman–Crippen MR) is 53.8 cm³/mol. The van der Waals surface area contributed by atoms with E-state index in [1.165, 1.54) is 0 Å². The Morgan fingerprint density at radius 2 is 2.14 bits per heavy atom. The van der Waals surface area contributed by atoms with E-state index in [4.69, 9.17) is 17.3 Å². The van der Waals surface area contributed by atoms with Crippen molar-refractivity contribution in [1.29, 1.82) is 0 Å². The van der Waals surface area contributed by atoms with Crippen LogP contribution in [0.1, 0.15) is 20.3 Å². The first-order chi connectivity index (χ1) is 6.37. The van der Waals surface area contributed by atoms with Gasteiger partial charge in [-0.15, -0.1) is 11.6 Å². The molecule has 0 aromatic heterocycles. The maximum Gasteiger partial charge on any atom is 0.240 e. The number of alkyl halides is 1.